The quantitative estimate of drug-likeness (QED) is 0.339. The molecule has 2 rings (SSSR count). The van der Waals surface area contributed by atoms with Crippen molar-refractivity contribution in [2.75, 3.05) is 0 Å². The summed E-state index contributed by atoms with van der Waals surface area (Å²) in [6.07, 6.45) is 13.7. The van der Waals surface area contributed by atoms with E-state index in [0.29, 0.717) is 29.9 Å². The van der Waals surface area contributed by atoms with E-state index in [9.17, 15) is 14.4 Å². The van der Waals surface area contributed by atoms with Gasteiger partial charge in [0.1, 0.15) is 5.75 Å². The Morgan fingerprint density at radius 1 is 1.07 bits per heavy atom. The fourth-order valence-electron chi connectivity index (χ4n) is 3.72. The van der Waals surface area contributed by atoms with Gasteiger partial charge in [0.2, 0.25) is 0 Å². The standard InChI is InChI=1S/C25H30O4/c1-4-5-23(27)17-22-12-8-21(16-18(22)2)11-15-25(28)29-24-13-9-20(10-14-24)7-6-19(3)26/h4-7,9-11,13-15,18,21-22H,8,12,16-17H2,1-3H3. The number of ketones is 2. The average molecular weight is 395 g/mol. The average Bonchev–Trinajstić information content (AvgIpc) is 2.68. The van der Waals surface area contributed by atoms with Crippen molar-refractivity contribution < 1.29 is 19.1 Å². The Balaban J connectivity index is 1.82. The van der Waals surface area contributed by atoms with Crippen molar-refractivity contribution in [1.82, 2.24) is 0 Å². The molecule has 1 fully saturated rings. The van der Waals surface area contributed by atoms with E-state index < -0.39 is 5.97 Å². The molecule has 1 aliphatic carbocycles. The minimum Gasteiger partial charge on any atom is -0.423 e. The molecule has 0 N–H and O–H groups in total. The lowest BCUT2D eigenvalue weighted by molar-refractivity contribution is -0.129. The van der Waals surface area contributed by atoms with Crippen molar-refractivity contribution in [2.24, 2.45) is 17.8 Å². The zero-order valence-corrected chi connectivity index (χ0v) is 17.5. The van der Waals surface area contributed by atoms with Gasteiger partial charge in [-0.2, -0.15) is 0 Å². The molecule has 154 valence electrons. The zero-order chi connectivity index (χ0) is 21.2. The maximum Gasteiger partial charge on any atom is 0.335 e. The molecule has 0 bridgehead atoms. The maximum atomic E-state index is 12.1. The Hall–Kier alpha value is -2.75. The third-order valence-corrected chi connectivity index (χ3v) is 5.32. The lowest BCUT2D eigenvalue weighted by atomic mass is 9.73. The van der Waals surface area contributed by atoms with Crippen molar-refractivity contribution in [3.8, 4) is 5.75 Å². The van der Waals surface area contributed by atoms with Gasteiger partial charge in [0.25, 0.3) is 0 Å². The minimum atomic E-state index is -0.393. The summed E-state index contributed by atoms with van der Waals surface area (Å²) in [6.45, 7) is 5.55. The van der Waals surface area contributed by atoms with E-state index in [1.165, 1.54) is 19.1 Å². The van der Waals surface area contributed by atoms with Gasteiger partial charge in [-0.3, -0.25) is 9.59 Å². The zero-order valence-electron chi connectivity index (χ0n) is 17.5. The molecule has 4 heteroatoms. The normalized spacial score (nSPS) is 22.4. The molecule has 0 spiro atoms. The summed E-state index contributed by atoms with van der Waals surface area (Å²) in [5, 5.41) is 0. The Kier molecular flexibility index (Phi) is 8.78. The highest BCUT2D eigenvalue weighted by Gasteiger charge is 2.27. The van der Waals surface area contributed by atoms with Gasteiger partial charge in [0.15, 0.2) is 11.6 Å². The van der Waals surface area contributed by atoms with Crippen LogP contribution in [0.1, 0.15) is 52.0 Å². The first-order valence-electron chi connectivity index (χ1n) is 10.2. The molecule has 4 nitrogen and oxygen atoms in total. The van der Waals surface area contributed by atoms with Gasteiger partial charge in [-0.15, -0.1) is 0 Å². The molecule has 3 atom stereocenters. The number of ether oxygens (including phenoxy) is 1. The van der Waals surface area contributed by atoms with Crippen molar-refractivity contribution >= 4 is 23.6 Å². The third-order valence-electron chi connectivity index (χ3n) is 5.32. The van der Waals surface area contributed by atoms with Crippen molar-refractivity contribution in [3.63, 3.8) is 0 Å². The SMILES string of the molecule is CC=CC(=O)CC1CCC(C=CC(=O)Oc2ccc(C=CC(C)=O)cc2)CC1C. The number of benzene rings is 1. The number of hydrogen-bond donors (Lipinski definition) is 0. The van der Waals surface area contributed by atoms with E-state index in [4.69, 9.17) is 4.74 Å². The number of esters is 1. The van der Waals surface area contributed by atoms with E-state index in [2.05, 4.69) is 6.92 Å². The van der Waals surface area contributed by atoms with Crippen LogP contribution in [0, 0.1) is 17.8 Å². The van der Waals surface area contributed by atoms with E-state index in [1.807, 2.05) is 13.0 Å². The Morgan fingerprint density at radius 2 is 1.79 bits per heavy atom. The highest BCUT2D eigenvalue weighted by atomic mass is 16.5. The predicted molar refractivity (Wildman–Crippen MR) is 115 cm³/mol. The van der Waals surface area contributed by atoms with E-state index in [-0.39, 0.29) is 11.6 Å². The molecule has 1 aromatic carbocycles. The van der Waals surface area contributed by atoms with Crippen molar-refractivity contribution in [1.29, 1.82) is 0 Å². The molecule has 1 aliphatic rings. The van der Waals surface area contributed by atoms with E-state index in [0.717, 1.165) is 24.8 Å². The molecule has 3 unspecified atom stereocenters. The molecule has 0 saturated heterocycles. The highest BCUT2D eigenvalue weighted by molar-refractivity contribution is 5.91. The van der Waals surface area contributed by atoms with Crippen LogP contribution in [0.15, 0.2) is 54.6 Å². The molecular weight excluding hydrogens is 364 g/mol. The van der Waals surface area contributed by atoms with E-state index >= 15 is 0 Å². The molecular formula is C25H30O4. The molecule has 0 heterocycles. The molecule has 29 heavy (non-hydrogen) atoms. The second-order valence-electron chi connectivity index (χ2n) is 7.77. The topological polar surface area (TPSA) is 60.4 Å². The van der Waals surface area contributed by atoms with Crippen LogP contribution in [0.2, 0.25) is 0 Å². The second-order valence-corrected chi connectivity index (χ2v) is 7.77. The van der Waals surface area contributed by atoms with Gasteiger partial charge in [-0.25, -0.2) is 4.79 Å². The Morgan fingerprint density at radius 3 is 2.41 bits per heavy atom. The summed E-state index contributed by atoms with van der Waals surface area (Å²) in [7, 11) is 0. The minimum absolute atomic E-state index is 0.0154. The number of rotatable bonds is 8. The van der Waals surface area contributed by atoms with Crippen molar-refractivity contribution in [2.45, 2.75) is 46.5 Å². The van der Waals surface area contributed by atoms with Crippen LogP contribution < -0.4 is 4.74 Å². The van der Waals surface area contributed by atoms with Gasteiger partial charge in [-0.05, 0) is 80.7 Å². The number of allylic oxidation sites excluding steroid dienone is 4. The van der Waals surface area contributed by atoms with Gasteiger partial charge in [0.05, 0.1) is 0 Å². The molecule has 1 saturated carbocycles. The fraction of sp³-hybridized carbons (Fsp3) is 0.400. The van der Waals surface area contributed by atoms with Crippen LogP contribution in [0.5, 0.6) is 5.75 Å². The van der Waals surface area contributed by atoms with Gasteiger partial charge < -0.3 is 4.74 Å². The molecule has 0 amide bonds. The predicted octanol–water partition coefficient (Wildman–Crippen LogP) is 5.34. The first kappa shape index (κ1) is 22.5. The number of carbonyl (C=O) groups is 3. The van der Waals surface area contributed by atoms with Crippen molar-refractivity contribution in [3.05, 3.63) is 60.2 Å². The van der Waals surface area contributed by atoms with E-state index in [1.54, 1.807) is 42.5 Å². The summed E-state index contributed by atoms with van der Waals surface area (Å²) in [5.41, 5.74) is 0.870. The van der Waals surface area contributed by atoms with Crippen LogP contribution in [0.3, 0.4) is 0 Å². The van der Waals surface area contributed by atoms with Gasteiger partial charge in [0, 0.05) is 12.5 Å². The molecule has 0 radical (unpaired) electrons. The maximum absolute atomic E-state index is 12.1. The summed E-state index contributed by atoms with van der Waals surface area (Å²) < 4.78 is 5.34. The Bertz CT molecular complexity index is 799. The smallest absolute Gasteiger partial charge is 0.335 e. The summed E-state index contributed by atoms with van der Waals surface area (Å²) in [5.74, 6) is 1.48. The molecule has 0 aromatic heterocycles. The molecule has 1 aromatic rings. The Labute approximate surface area is 173 Å². The van der Waals surface area contributed by atoms with Crippen LogP contribution in [0.25, 0.3) is 6.08 Å². The second kappa shape index (κ2) is 11.3. The highest BCUT2D eigenvalue weighted by Crippen LogP contribution is 2.36. The van der Waals surface area contributed by atoms with Crippen LogP contribution in [0.4, 0.5) is 0 Å². The van der Waals surface area contributed by atoms with Crippen LogP contribution in [-0.4, -0.2) is 17.5 Å². The number of carbonyl (C=O) groups excluding carboxylic acids is 3. The first-order chi connectivity index (χ1) is 13.9. The monoisotopic (exact) mass is 394 g/mol. The first-order valence-corrected chi connectivity index (χ1v) is 10.2. The van der Waals surface area contributed by atoms with Crippen LogP contribution >= 0.6 is 0 Å². The van der Waals surface area contributed by atoms with Gasteiger partial charge in [-0.1, -0.05) is 37.3 Å². The lowest BCUT2D eigenvalue weighted by Gasteiger charge is -2.32. The largest absolute Gasteiger partial charge is 0.423 e. The third kappa shape index (κ3) is 8.02. The summed E-state index contributed by atoms with van der Waals surface area (Å²) >= 11 is 0. The lowest BCUT2D eigenvalue weighted by Crippen LogP contribution is -2.24. The number of hydrogen-bond acceptors (Lipinski definition) is 4. The fourth-order valence-corrected chi connectivity index (χ4v) is 3.72. The van der Waals surface area contributed by atoms with Gasteiger partial charge >= 0.3 is 5.97 Å². The summed E-state index contributed by atoms with van der Waals surface area (Å²) in [6, 6.07) is 7.01. The summed E-state index contributed by atoms with van der Waals surface area (Å²) in [4.78, 5) is 34.9. The molecule has 0 aliphatic heterocycles. The van der Waals surface area contributed by atoms with Crippen LogP contribution in [-0.2, 0) is 14.4 Å².